The lowest BCUT2D eigenvalue weighted by Crippen LogP contribution is -2.28. The molecule has 2 unspecified atom stereocenters. The van der Waals surface area contributed by atoms with Crippen LogP contribution in [0, 0.1) is 5.92 Å². The fraction of sp³-hybridized carbons (Fsp3) is 0.625. The Morgan fingerprint density at radius 2 is 2.00 bits per heavy atom. The zero-order valence-electron chi connectivity index (χ0n) is 12.4. The molecule has 1 aromatic carbocycles. The van der Waals surface area contributed by atoms with E-state index in [2.05, 4.69) is 4.90 Å². The fourth-order valence-electron chi connectivity index (χ4n) is 2.59. The largest absolute Gasteiger partial charge is 0.490 e. The molecule has 0 aliphatic carbocycles. The second kappa shape index (κ2) is 7.50. The highest BCUT2D eigenvalue weighted by Gasteiger charge is 2.25. The maximum absolute atomic E-state index is 9.59. The molecule has 0 radical (unpaired) electrons. The van der Waals surface area contributed by atoms with Gasteiger partial charge in [-0.25, -0.2) is 0 Å². The van der Waals surface area contributed by atoms with Gasteiger partial charge in [0.25, 0.3) is 0 Å². The fourth-order valence-corrected chi connectivity index (χ4v) is 2.59. The van der Waals surface area contributed by atoms with E-state index in [1.165, 1.54) is 0 Å². The summed E-state index contributed by atoms with van der Waals surface area (Å²) in [6, 6.07) is 7.77. The number of nitrogens with zero attached hydrogens (tertiary/aromatic N) is 1. The van der Waals surface area contributed by atoms with E-state index in [0.717, 1.165) is 37.6 Å². The maximum atomic E-state index is 9.59. The molecule has 2 rings (SSSR count). The van der Waals surface area contributed by atoms with Gasteiger partial charge in [0.15, 0.2) is 11.5 Å². The van der Waals surface area contributed by atoms with Crippen molar-refractivity contribution in [2.45, 2.75) is 26.4 Å². The summed E-state index contributed by atoms with van der Waals surface area (Å²) in [4.78, 5) is 2.35. The first-order valence-corrected chi connectivity index (χ1v) is 7.45. The van der Waals surface area contributed by atoms with E-state index >= 15 is 0 Å². The molecule has 1 N–H and O–H groups in total. The number of para-hydroxylation sites is 2. The Bertz CT molecular complexity index is 408. The van der Waals surface area contributed by atoms with Crippen molar-refractivity contribution in [3.8, 4) is 11.5 Å². The van der Waals surface area contributed by atoms with Gasteiger partial charge < -0.3 is 14.6 Å². The Balaban J connectivity index is 1.76. The third-order valence-corrected chi connectivity index (χ3v) is 3.81. The lowest BCUT2D eigenvalue weighted by atomic mass is 10.0. The SMILES string of the molecule is CCOc1ccccc1OCCN1CCC(C(C)O)C1. The van der Waals surface area contributed by atoms with E-state index in [0.29, 0.717) is 19.1 Å². The highest BCUT2D eigenvalue weighted by molar-refractivity contribution is 5.39. The molecule has 1 saturated heterocycles. The Labute approximate surface area is 121 Å². The molecule has 20 heavy (non-hydrogen) atoms. The normalized spacial score (nSPS) is 20.9. The van der Waals surface area contributed by atoms with Gasteiger partial charge in [-0.1, -0.05) is 12.1 Å². The van der Waals surface area contributed by atoms with Crippen LogP contribution in [0.5, 0.6) is 11.5 Å². The molecule has 2 atom stereocenters. The average Bonchev–Trinajstić information content (AvgIpc) is 2.90. The molecule has 1 aliphatic rings. The molecule has 1 aliphatic heterocycles. The van der Waals surface area contributed by atoms with E-state index in [4.69, 9.17) is 9.47 Å². The second-order valence-corrected chi connectivity index (χ2v) is 5.32. The summed E-state index contributed by atoms with van der Waals surface area (Å²) in [5, 5.41) is 9.59. The molecule has 4 nitrogen and oxygen atoms in total. The first-order chi connectivity index (χ1) is 9.70. The summed E-state index contributed by atoms with van der Waals surface area (Å²) in [7, 11) is 0. The predicted octanol–water partition coefficient (Wildman–Crippen LogP) is 2.17. The van der Waals surface area contributed by atoms with Crippen molar-refractivity contribution in [1.82, 2.24) is 4.90 Å². The van der Waals surface area contributed by atoms with Gasteiger partial charge in [-0.3, -0.25) is 4.90 Å². The summed E-state index contributed by atoms with van der Waals surface area (Å²) in [6.45, 7) is 8.04. The van der Waals surface area contributed by atoms with Crippen molar-refractivity contribution in [2.24, 2.45) is 5.92 Å². The molecule has 112 valence electrons. The molecule has 0 amide bonds. The van der Waals surface area contributed by atoms with Gasteiger partial charge in [-0.15, -0.1) is 0 Å². The zero-order valence-corrected chi connectivity index (χ0v) is 12.4. The number of hydrogen-bond acceptors (Lipinski definition) is 4. The van der Waals surface area contributed by atoms with Crippen LogP contribution < -0.4 is 9.47 Å². The number of likely N-dealkylation sites (tertiary alicyclic amines) is 1. The Morgan fingerprint density at radius 1 is 1.30 bits per heavy atom. The molecule has 1 fully saturated rings. The third kappa shape index (κ3) is 4.12. The monoisotopic (exact) mass is 279 g/mol. The lowest BCUT2D eigenvalue weighted by Gasteiger charge is -2.18. The van der Waals surface area contributed by atoms with Crippen LogP contribution in [-0.4, -0.2) is 49.0 Å². The van der Waals surface area contributed by atoms with Crippen molar-refractivity contribution in [3.63, 3.8) is 0 Å². The van der Waals surface area contributed by atoms with Crippen LogP contribution >= 0.6 is 0 Å². The molecule has 0 aromatic heterocycles. The van der Waals surface area contributed by atoms with E-state index in [9.17, 15) is 5.11 Å². The highest BCUT2D eigenvalue weighted by Crippen LogP contribution is 2.26. The van der Waals surface area contributed by atoms with Crippen molar-refractivity contribution >= 4 is 0 Å². The molecular weight excluding hydrogens is 254 g/mol. The van der Waals surface area contributed by atoms with Gasteiger partial charge in [0.1, 0.15) is 6.61 Å². The minimum atomic E-state index is -0.209. The minimum Gasteiger partial charge on any atom is -0.490 e. The maximum Gasteiger partial charge on any atom is 0.161 e. The molecular formula is C16H25NO3. The van der Waals surface area contributed by atoms with Gasteiger partial charge in [-0.2, -0.15) is 0 Å². The van der Waals surface area contributed by atoms with Gasteiger partial charge in [-0.05, 0) is 44.9 Å². The molecule has 0 saturated carbocycles. The van der Waals surface area contributed by atoms with Crippen LogP contribution in [0.2, 0.25) is 0 Å². The number of hydrogen-bond donors (Lipinski definition) is 1. The number of ether oxygens (including phenoxy) is 2. The first-order valence-electron chi connectivity index (χ1n) is 7.45. The number of aliphatic hydroxyl groups excluding tert-OH is 1. The predicted molar refractivity (Wildman–Crippen MR) is 79.3 cm³/mol. The van der Waals surface area contributed by atoms with Crippen LogP contribution in [0.15, 0.2) is 24.3 Å². The molecule has 1 heterocycles. The smallest absolute Gasteiger partial charge is 0.161 e. The van der Waals surface area contributed by atoms with Crippen LogP contribution in [0.25, 0.3) is 0 Å². The molecule has 1 aromatic rings. The molecule has 4 heteroatoms. The quantitative estimate of drug-likeness (QED) is 0.830. The van der Waals surface area contributed by atoms with Gasteiger partial charge >= 0.3 is 0 Å². The van der Waals surface area contributed by atoms with E-state index in [1.54, 1.807) is 0 Å². The average molecular weight is 279 g/mol. The Kier molecular flexibility index (Phi) is 5.68. The summed E-state index contributed by atoms with van der Waals surface area (Å²) in [5.74, 6) is 2.02. The van der Waals surface area contributed by atoms with Crippen LogP contribution in [0.4, 0.5) is 0 Å². The number of benzene rings is 1. The minimum absolute atomic E-state index is 0.209. The topological polar surface area (TPSA) is 41.9 Å². The zero-order chi connectivity index (χ0) is 14.4. The first kappa shape index (κ1) is 15.1. The van der Waals surface area contributed by atoms with Crippen molar-refractivity contribution in [1.29, 1.82) is 0 Å². The van der Waals surface area contributed by atoms with Crippen LogP contribution in [-0.2, 0) is 0 Å². The third-order valence-electron chi connectivity index (χ3n) is 3.81. The van der Waals surface area contributed by atoms with Crippen molar-refractivity contribution in [2.75, 3.05) is 32.8 Å². The summed E-state index contributed by atoms with van der Waals surface area (Å²) < 4.78 is 11.4. The van der Waals surface area contributed by atoms with Crippen molar-refractivity contribution in [3.05, 3.63) is 24.3 Å². The summed E-state index contributed by atoms with van der Waals surface area (Å²) in [6.07, 6.45) is 0.868. The van der Waals surface area contributed by atoms with Crippen LogP contribution in [0.3, 0.4) is 0 Å². The van der Waals surface area contributed by atoms with Gasteiger partial charge in [0.05, 0.1) is 12.7 Å². The molecule has 0 spiro atoms. The van der Waals surface area contributed by atoms with Gasteiger partial charge in [0.2, 0.25) is 0 Å². The standard InChI is InChI=1S/C16H25NO3/c1-3-19-15-6-4-5-7-16(15)20-11-10-17-9-8-14(12-17)13(2)18/h4-7,13-14,18H,3,8-12H2,1-2H3. The highest BCUT2D eigenvalue weighted by atomic mass is 16.5. The Hall–Kier alpha value is -1.26. The molecule has 0 bridgehead atoms. The van der Waals surface area contributed by atoms with E-state index in [-0.39, 0.29) is 6.10 Å². The van der Waals surface area contributed by atoms with Gasteiger partial charge in [0, 0.05) is 13.1 Å². The second-order valence-electron chi connectivity index (χ2n) is 5.32. The Morgan fingerprint density at radius 3 is 2.60 bits per heavy atom. The summed E-state index contributed by atoms with van der Waals surface area (Å²) >= 11 is 0. The van der Waals surface area contributed by atoms with E-state index in [1.807, 2.05) is 38.1 Å². The summed E-state index contributed by atoms with van der Waals surface area (Å²) in [5.41, 5.74) is 0. The number of rotatable bonds is 7. The number of aliphatic hydroxyl groups is 1. The lowest BCUT2D eigenvalue weighted by molar-refractivity contribution is 0.125. The van der Waals surface area contributed by atoms with Crippen molar-refractivity contribution < 1.29 is 14.6 Å². The van der Waals surface area contributed by atoms with Crippen LogP contribution in [0.1, 0.15) is 20.3 Å². The van der Waals surface area contributed by atoms with E-state index < -0.39 is 0 Å².